The van der Waals surface area contributed by atoms with Crippen molar-refractivity contribution in [2.24, 2.45) is 0 Å². The molecule has 0 unspecified atom stereocenters. The van der Waals surface area contributed by atoms with E-state index < -0.39 is 23.7 Å². The zero-order valence-electron chi connectivity index (χ0n) is 13.3. The second kappa shape index (κ2) is 7.45. The molecule has 0 aromatic carbocycles. The van der Waals surface area contributed by atoms with Gasteiger partial charge in [0.25, 0.3) is 0 Å². The number of hydrogen-bond acceptors (Lipinski definition) is 5. The van der Waals surface area contributed by atoms with Crippen LogP contribution in [0.25, 0.3) is 0 Å². The summed E-state index contributed by atoms with van der Waals surface area (Å²) in [6.45, 7) is 11.6. The summed E-state index contributed by atoms with van der Waals surface area (Å²) in [5.41, 5.74) is -0.615. The number of rotatable bonds is 5. The van der Waals surface area contributed by atoms with Crippen LogP contribution in [-0.2, 0) is 19.0 Å². The first-order valence-corrected chi connectivity index (χ1v) is 7.17. The Balaban J connectivity index is 2.77. The SMILES string of the molecule is C=CCO[C@@H]1C[C@@H](C(=O)OCC)N(C(=O)OC(C)(C)C)C1. The summed E-state index contributed by atoms with van der Waals surface area (Å²) < 4.78 is 15.9. The fraction of sp³-hybridized carbons (Fsp3) is 0.733. The highest BCUT2D eigenvalue weighted by molar-refractivity contribution is 5.82. The Bertz CT molecular complexity index is 388. The minimum atomic E-state index is -0.658. The molecule has 1 rings (SSSR count). The van der Waals surface area contributed by atoms with Gasteiger partial charge in [-0.05, 0) is 27.7 Å². The molecule has 0 aromatic heterocycles. The van der Waals surface area contributed by atoms with Crippen LogP contribution in [0.2, 0.25) is 0 Å². The summed E-state index contributed by atoms with van der Waals surface area (Å²) in [5, 5.41) is 0. The Kier molecular flexibility index (Phi) is 6.20. The molecule has 120 valence electrons. The van der Waals surface area contributed by atoms with E-state index in [1.54, 1.807) is 33.8 Å². The van der Waals surface area contributed by atoms with Gasteiger partial charge in [0.15, 0.2) is 0 Å². The van der Waals surface area contributed by atoms with Crippen molar-refractivity contribution in [2.45, 2.75) is 51.9 Å². The number of ether oxygens (including phenoxy) is 3. The van der Waals surface area contributed by atoms with Crippen LogP contribution in [-0.4, -0.2) is 54.5 Å². The third kappa shape index (κ3) is 5.38. The second-order valence-corrected chi connectivity index (χ2v) is 5.88. The van der Waals surface area contributed by atoms with E-state index in [2.05, 4.69) is 6.58 Å². The van der Waals surface area contributed by atoms with E-state index >= 15 is 0 Å². The zero-order valence-corrected chi connectivity index (χ0v) is 13.3. The Morgan fingerprint density at radius 2 is 2.05 bits per heavy atom. The maximum Gasteiger partial charge on any atom is 0.411 e. The summed E-state index contributed by atoms with van der Waals surface area (Å²) in [7, 11) is 0. The standard InChI is InChI=1S/C15H25NO5/c1-6-8-20-11-9-12(13(17)19-7-2)16(10-11)14(18)21-15(3,4)5/h6,11-12H,1,7-10H2,2-5H3/t11-,12+/m1/s1. The number of likely N-dealkylation sites (tertiary alicyclic amines) is 1. The summed E-state index contributed by atoms with van der Waals surface area (Å²) >= 11 is 0. The first-order valence-electron chi connectivity index (χ1n) is 7.17. The van der Waals surface area contributed by atoms with Crippen molar-refractivity contribution in [3.63, 3.8) is 0 Å². The Labute approximate surface area is 126 Å². The summed E-state index contributed by atoms with van der Waals surface area (Å²) in [5.74, 6) is -0.423. The lowest BCUT2D eigenvalue weighted by atomic mass is 10.2. The van der Waals surface area contributed by atoms with Crippen LogP contribution in [0.4, 0.5) is 4.79 Å². The van der Waals surface area contributed by atoms with Crippen molar-refractivity contribution in [3.8, 4) is 0 Å². The number of esters is 1. The quantitative estimate of drug-likeness (QED) is 0.575. The molecule has 1 amide bonds. The average molecular weight is 299 g/mol. The summed E-state index contributed by atoms with van der Waals surface area (Å²) in [6, 6.07) is -0.658. The van der Waals surface area contributed by atoms with E-state index in [0.717, 1.165) is 0 Å². The van der Waals surface area contributed by atoms with Gasteiger partial charge >= 0.3 is 12.1 Å². The highest BCUT2D eigenvalue weighted by atomic mass is 16.6. The van der Waals surface area contributed by atoms with Gasteiger partial charge in [-0.1, -0.05) is 6.08 Å². The van der Waals surface area contributed by atoms with Crippen molar-refractivity contribution < 1.29 is 23.8 Å². The molecular weight excluding hydrogens is 274 g/mol. The second-order valence-electron chi connectivity index (χ2n) is 5.88. The van der Waals surface area contributed by atoms with Gasteiger partial charge in [0.05, 0.1) is 25.9 Å². The molecule has 0 radical (unpaired) electrons. The Morgan fingerprint density at radius 1 is 1.38 bits per heavy atom. The van der Waals surface area contributed by atoms with Gasteiger partial charge in [-0.3, -0.25) is 4.90 Å². The lowest BCUT2D eigenvalue weighted by Crippen LogP contribution is -2.44. The normalized spacial score (nSPS) is 22.0. The molecule has 2 atom stereocenters. The van der Waals surface area contributed by atoms with Gasteiger partial charge in [-0.15, -0.1) is 6.58 Å². The van der Waals surface area contributed by atoms with Gasteiger partial charge in [0.2, 0.25) is 0 Å². The number of amides is 1. The van der Waals surface area contributed by atoms with Crippen LogP contribution in [0.5, 0.6) is 0 Å². The minimum Gasteiger partial charge on any atom is -0.464 e. The topological polar surface area (TPSA) is 65.1 Å². The molecule has 1 fully saturated rings. The van der Waals surface area contributed by atoms with Crippen LogP contribution >= 0.6 is 0 Å². The van der Waals surface area contributed by atoms with E-state index in [-0.39, 0.29) is 12.7 Å². The first-order chi connectivity index (χ1) is 9.78. The Morgan fingerprint density at radius 3 is 2.57 bits per heavy atom. The van der Waals surface area contributed by atoms with Crippen molar-refractivity contribution in [2.75, 3.05) is 19.8 Å². The van der Waals surface area contributed by atoms with Gasteiger partial charge in [-0.2, -0.15) is 0 Å². The molecule has 0 aromatic rings. The highest BCUT2D eigenvalue weighted by Gasteiger charge is 2.42. The molecule has 0 bridgehead atoms. The first kappa shape index (κ1) is 17.5. The molecule has 0 spiro atoms. The van der Waals surface area contributed by atoms with Gasteiger partial charge in [0.1, 0.15) is 11.6 Å². The number of carbonyl (C=O) groups excluding carboxylic acids is 2. The van der Waals surface area contributed by atoms with E-state index in [0.29, 0.717) is 19.6 Å². The van der Waals surface area contributed by atoms with Crippen molar-refractivity contribution in [1.82, 2.24) is 4.90 Å². The fourth-order valence-corrected chi connectivity index (χ4v) is 2.11. The third-order valence-corrected chi connectivity index (χ3v) is 2.90. The molecule has 1 aliphatic heterocycles. The van der Waals surface area contributed by atoms with E-state index in [4.69, 9.17) is 14.2 Å². The van der Waals surface area contributed by atoms with Crippen LogP contribution < -0.4 is 0 Å². The minimum absolute atomic E-state index is 0.218. The lowest BCUT2D eigenvalue weighted by Gasteiger charge is -2.27. The van der Waals surface area contributed by atoms with Gasteiger partial charge in [-0.25, -0.2) is 9.59 Å². The molecule has 21 heavy (non-hydrogen) atoms. The third-order valence-electron chi connectivity index (χ3n) is 2.90. The molecular formula is C15H25NO5. The number of nitrogens with zero attached hydrogens (tertiary/aromatic N) is 1. The highest BCUT2D eigenvalue weighted by Crippen LogP contribution is 2.24. The van der Waals surface area contributed by atoms with Gasteiger partial charge in [0, 0.05) is 6.42 Å². The van der Waals surface area contributed by atoms with Crippen molar-refractivity contribution >= 4 is 12.1 Å². The monoisotopic (exact) mass is 299 g/mol. The molecule has 0 N–H and O–H groups in total. The van der Waals surface area contributed by atoms with E-state index in [1.165, 1.54) is 4.90 Å². The molecule has 1 heterocycles. The van der Waals surface area contributed by atoms with E-state index in [1.807, 2.05) is 0 Å². The lowest BCUT2D eigenvalue weighted by molar-refractivity contribution is -0.148. The summed E-state index contributed by atoms with van der Waals surface area (Å²) in [4.78, 5) is 25.6. The average Bonchev–Trinajstić information content (AvgIpc) is 2.79. The number of carbonyl (C=O) groups is 2. The van der Waals surface area contributed by atoms with Crippen molar-refractivity contribution in [1.29, 1.82) is 0 Å². The maximum absolute atomic E-state index is 12.2. The molecule has 0 aliphatic carbocycles. The summed E-state index contributed by atoms with van der Waals surface area (Å²) in [6.07, 6.45) is 1.30. The van der Waals surface area contributed by atoms with E-state index in [9.17, 15) is 9.59 Å². The predicted octanol–water partition coefficient (Wildman–Crippen LogP) is 2.13. The molecule has 6 heteroatoms. The maximum atomic E-state index is 12.2. The van der Waals surface area contributed by atoms with Crippen LogP contribution in [0.3, 0.4) is 0 Å². The molecule has 6 nitrogen and oxygen atoms in total. The zero-order chi connectivity index (χ0) is 16.0. The predicted molar refractivity (Wildman–Crippen MR) is 77.9 cm³/mol. The van der Waals surface area contributed by atoms with Gasteiger partial charge < -0.3 is 14.2 Å². The van der Waals surface area contributed by atoms with Crippen LogP contribution in [0, 0.1) is 0 Å². The largest absolute Gasteiger partial charge is 0.464 e. The van der Waals surface area contributed by atoms with Crippen LogP contribution in [0.15, 0.2) is 12.7 Å². The molecule has 1 saturated heterocycles. The number of hydrogen-bond donors (Lipinski definition) is 0. The smallest absolute Gasteiger partial charge is 0.411 e. The van der Waals surface area contributed by atoms with Crippen molar-refractivity contribution in [3.05, 3.63) is 12.7 Å². The Hall–Kier alpha value is -1.56. The van der Waals surface area contributed by atoms with Crippen LogP contribution in [0.1, 0.15) is 34.1 Å². The molecule has 1 aliphatic rings. The fourth-order valence-electron chi connectivity index (χ4n) is 2.11. The molecule has 0 saturated carbocycles.